The van der Waals surface area contributed by atoms with Crippen molar-refractivity contribution < 1.29 is 4.21 Å². The molecule has 86 valence electrons. The van der Waals surface area contributed by atoms with Crippen molar-refractivity contribution >= 4 is 10.8 Å². The van der Waals surface area contributed by atoms with Crippen molar-refractivity contribution in [3.05, 3.63) is 11.9 Å². The lowest BCUT2D eigenvalue weighted by Gasteiger charge is -2.11. The summed E-state index contributed by atoms with van der Waals surface area (Å²) in [4.78, 5) is 0. The van der Waals surface area contributed by atoms with E-state index in [1.807, 2.05) is 13.2 Å². The summed E-state index contributed by atoms with van der Waals surface area (Å²) in [6.07, 6.45) is 4.54. The lowest BCUT2D eigenvalue weighted by molar-refractivity contribution is 0.529. The van der Waals surface area contributed by atoms with Crippen LogP contribution in [0.5, 0.6) is 0 Å². The maximum Gasteiger partial charge on any atom is 0.0964 e. The zero-order chi connectivity index (χ0) is 11.3. The van der Waals surface area contributed by atoms with Crippen LogP contribution in [-0.4, -0.2) is 37.3 Å². The molecular formula is C9H18N4OS. The van der Waals surface area contributed by atoms with Crippen LogP contribution in [0, 0.1) is 0 Å². The SMILES string of the molecule is CC(CCS(C)=O)NCc1cn(C)nn1. The normalized spacial score (nSPS) is 15.1. The van der Waals surface area contributed by atoms with Crippen molar-refractivity contribution in [2.24, 2.45) is 7.05 Å². The van der Waals surface area contributed by atoms with E-state index in [1.165, 1.54) is 0 Å². The van der Waals surface area contributed by atoms with Gasteiger partial charge in [0.15, 0.2) is 0 Å². The molecule has 1 rings (SSSR count). The molecule has 5 nitrogen and oxygen atoms in total. The van der Waals surface area contributed by atoms with Crippen LogP contribution in [0.3, 0.4) is 0 Å². The van der Waals surface area contributed by atoms with Crippen LogP contribution in [0.15, 0.2) is 6.20 Å². The van der Waals surface area contributed by atoms with Crippen molar-refractivity contribution in [3.63, 3.8) is 0 Å². The smallest absolute Gasteiger partial charge is 0.0964 e. The van der Waals surface area contributed by atoms with Crippen molar-refractivity contribution in [3.8, 4) is 0 Å². The molecule has 1 aromatic rings. The van der Waals surface area contributed by atoms with E-state index in [0.717, 1.165) is 17.9 Å². The predicted molar refractivity (Wildman–Crippen MR) is 60.9 cm³/mol. The first-order valence-electron chi connectivity index (χ1n) is 4.96. The molecular weight excluding hydrogens is 212 g/mol. The summed E-state index contributed by atoms with van der Waals surface area (Å²) in [5.74, 6) is 0.745. The minimum atomic E-state index is -0.702. The molecule has 1 aromatic heterocycles. The van der Waals surface area contributed by atoms with Crippen molar-refractivity contribution in [2.75, 3.05) is 12.0 Å². The van der Waals surface area contributed by atoms with Gasteiger partial charge < -0.3 is 5.32 Å². The monoisotopic (exact) mass is 230 g/mol. The minimum absolute atomic E-state index is 0.357. The Balaban J connectivity index is 2.22. The summed E-state index contributed by atoms with van der Waals surface area (Å²) in [6.45, 7) is 2.80. The molecule has 0 aliphatic carbocycles. The van der Waals surface area contributed by atoms with Crippen LogP contribution in [0.2, 0.25) is 0 Å². The fraction of sp³-hybridized carbons (Fsp3) is 0.778. The molecule has 1 N–H and O–H groups in total. The average molecular weight is 230 g/mol. The molecule has 0 aliphatic rings. The quantitative estimate of drug-likeness (QED) is 0.751. The van der Waals surface area contributed by atoms with E-state index in [0.29, 0.717) is 12.6 Å². The van der Waals surface area contributed by atoms with Gasteiger partial charge in [-0.1, -0.05) is 5.21 Å². The van der Waals surface area contributed by atoms with E-state index in [2.05, 4.69) is 22.6 Å². The van der Waals surface area contributed by atoms with Gasteiger partial charge in [-0.2, -0.15) is 0 Å². The number of hydrogen-bond donors (Lipinski definition) is 1. The largest absolute Gasteiger partial charge is 0.309 e. The molecule has 0 spiro atoms. The number of nitrogens with one attached hydrogen (secondary N) is 1. The number of rotatable bonds is 6. The molecule has 6 heteroatoms. The Hall–Kier alpha value is -0.750. The van der Waals surface area contributed by atoms with Gasteiger partial charge >= 0.3 is 0 Å². The average Bonchev–Trinajstić information content (AvgIpc) is 2.58. The first kappa shape index (κ1) is 12.3. The number of aromatic nitrogens is 3. The van der Waals surface area contributed by atoms with Crippen molar-refractivity contribution in [1.29, 1.82) is 0 Å². The van der Waals surface area contributed by atoms with Crippen molar-refractivity contribution in [2.45, 2.75) is 25.9 Å². The van der Waals surface area contributed by atoms with Crippen LogP contribution < -0.4 is 5.32 Å². The van der Waals surface area contributed by atoms with E-state index < -0.39 is 10.8 Å². The molecule has 0 radical (unpaired) electrons. The van der Waals surface area contributed by atoms with E-state index in [-0.39, 0.29) is 0 Å². The van der Waals surface area contributed by atoms with Gasteiger partial charge in [-0.05, 0) is 13.3 Å². The number of hydrogen-bond acceptors (Lipinski definition) is 4. The fourth-order valence-corrected chi connectivity index (χ4v) is 1.89. The summed E-state index contributed by atoms with van der Waals surface area (Å²) < 4.78 is 12.6. The van der Waals surface area contributed by atoms with E-state index in [1.54, 1.807) is 10.9 Å². The number of aryl methyl sites for hydroxylation is 1. The third-order valence-electron chi connectivity index (χ3n) is 2.12. The maximum absolute atomic E-state index is 10.9. The molecule has 15 heavy (non-hydrogen) atoms. The van der Waals surface area contributed by atoms with E-state index in [9.17, 15) is 4.21 Å². The molecule has 1 heterocycles. The van der Waals surface area contributed by atoms with Crippen LogP contribution in [-0.2, 0) is 24.4 Å². The summed E-state index contributed by atoms with van der Waals surface area (Å²) >= 11 is 0. The Bertz CT molecular complexity index is 326. The Kier molecular flexibility index (Phi) is 4.90. The predicted octanol–water partition coefficient (Wildman–Crippen LogP) is 0.0618. The minimum Gasteiger partial charge on any atom is -0.309 e. The second-order valence-corrected chi connectivity index (χ2v) is 5.29. The lowest BCUT2D eigenvalue weighted by atomic mass is 10.2. The van der Waals surface area contributed by atoms with Crippen LogP contribution >= 0.6 is 0 Å². The molecule has 0 fully saturated rings. The zero-order valence-electron chi connectivity index (χ0n) is 9.43. The van der Waals surface area contributed by atoms with Crippen molar-refractivity contribution in [1.82, 2.24) is 20.3 Å². The fourth-order valence-electron chi connectivity index (χ4n) is 1.20. The van der Waals surface area contributed by atoms with Crippen LogP contribution in [0.1, 0.15) is 19.0 Å². The van der Waals surface area contributed by atoms with Crippen LogP contribution in [0.25, 0.3) is 0 Å². The number of nitrogens with zero attached hydrogens (tertiary/aromatic N) is 3. The van der Waals surface area contributed by atoms with Gasteiger partial charge in [-0.15, -0.1) is 5.10 Å². The van der Waals surface area contributed by atoms with Gasteiger partial charge in [0, 0.05) is 48.6 Å². The highest BCUT2D eigenvalue weighted by Crippen LogP contribution is 1.96. The first-order valence-corrected chi connectivity index (χ1v) is 6.69. The van der Waals surface area contributed by atoms with Gasteiger partial charge in [-0.25, -0.2) is 0 Å². The Morgan fingerprint density at radius 1 is 1.67 bits per heavy atom. The Morgan fingerprint density at radius 3 is 2.93 bits per heavy atom. The van der Waals surface area contributed by atoms with Gasteiger partial charge in [-0.3, -0.25) is 8.89 Å². The highest BCUT2D eigenvalue weighted by atomic mass is 32.2. The van der Waals surface area contributed by atoms with Crippen LogP contribution in [0.4, 0.5) is 0 Å². The molecule has 0 aliphatic heterocycles. The highest BCUT2D eigenvalue weighted by Gasteiger charge is 2.04. The second-order valence-electron chi connectivity index (χ2n) is 3.73. The Morgan fingerprint density at radius 2 is 2.40 bits per heavy atom. The lowest BCUT2D eigenvalue weighted by Crippen LogP contribution is -2.27. The summed E-state index contributed by atoms with van der Waals surface area (Å²) in [5, 5.41) is 11.1. The molecule has 2 unspecified atom stereocenters. The van der Waals surface area contributed by atoms with E-state index >= 15 is 0 Å². The summed E-state index contributed by atoms with van der Waals surface area (Å²) in [7, 11) is 1.15. The molecule has 0 amide bonds. The topological polar surface area (TPSA) is 59.8 Å². The third kappa shape index (κ3) is 5.03. The van der Waals surface area contributed by atoms with E-state index in [4.69, 9.17) is 0 Å². The zero-order valence-corrected chi connectivity index (χ0v) is 10.3. The molecule has 0 saturated carbocycles. The Labute approximate surface area is 92.7 Å². The van der Waals surface area contributed by atoms with Gasteiger partial charge in [0.05, 0.1) is 5.69 Å². The van der Waals surface area contributed by atoms with Gasteiger partial charge in [0.25, 0.3) is 0 Å². The molecule has 0 bridgehead atoms. The van der Waals surface area contributed by atoms with Gasteiger partial charge in [0.1, 0.15) is 0 Å². The molecule has 0 saturated heterocycles. The van der Waals surface area contributed by atoms with Gasteiger partial charge in [0.2, 0.25) is 0 Å². The first-order chi connectivity index (χ1) is 7.08. The maximum atomic E-state index is 10.9. The molecule has 0 aromatic carbocycles. The standard InChI is InChI=1S/C9H18N4OS/c1-8(4-5-15(3)14)10-6-9-7-13(2)12-11-9/h7-8,10H,4-6H2,1-3H3. The highest BCUT2D eigenvalue weighted by molar-refractivity contribution is 7.84. The summed E-state index contributed by atoms with van der Waals surface area (Å²) in [6, 6.07) is 0.357. The molecule has 2 atom stereocenters. The summed E-state index contributed by atoms with van der Waals surface area (Å²) in [5.41, 5.74) is 0.932. The third-order valence-corrected chi connectivity index (χ3v) is 2.93. The second kappa shape index (κ2) is 5.97.